The second kappa shape index (κ2) is 6.21. The number of rotatable bonds is 6. The summed E-state index contributed by atoms with van der Waals surface area (Å²) in [6.07, 6.45) is 3.48. The molecular formula is C14H18N4O2. The van der Waals surface area contributed by atoms with Gasteiger partial charge < -0.3 is 15.4 Å². The zero-order chi connectivity index (χ0) is 14.5. The van der Waals surface area contributed by atoms with Crippen LogP contribution in [0.25, 0.3) is 11.1 Å². The highest BCUT2D eigenvalue weighted by Gasteiger charge is 2.11. The zero-order valence-electron chi connectivity index (χ0n) is 11.6. The van der Waals surface area contributed by atoms with E-state index < -0.39 is 5.91 Å². The highest BCUT2D eigenvalue weighted by Crippen LogP contribution is 2.30. The van der Waals surface area contributed by atoms with Crippen molar-refractivity contribution in [1.29, 1.82) is 0 Å². The van der Waals surface area contributed by atoms with E-state index >= 15 is 0 Å². The monoisotopic (exact) mass is 274 g/mol. The van der Waals surface area contributed by atoms with E-state index in [1.807, 2.05) is 25.1 Å². The number of aromatic amines is 1. The summed E-state index contributed by atoms with van der Waals surface area (Å²) in [5.74, 6) is 0.158. The maximum absolute atomic E-state index is 11.3. The predicted octanol–water partition coefficient (Wildman–Crippen LogP) is 1.12. The highest BCUT2D eigenvalue weighted by atomic mass is 16.5. The van der Waals surface area contributed by atoms with Crippen LogP contribution in [0, 0.1) is 0 Å². The molecule has 1 amide bonds. The van der Waals surface area contributed by atoms with E-state index in [-0.39, 0.29) is 0 Å². The third kappa shape index (κ3) is 3.36. The number of hydrogen-bond donors (Lipinski definition) is 2. The van der Waals surface area contributed by atoms with Gasteiger partial charge in [0.15, 0.2) is 0 Å². The zero-order valence-corrected chi connectivity index (χ0v) is 11.6. The molecule has 6 nitrogen and oxygen atoms in total. The van der Waals surface area contributed by atoms with E-state index in [2.05, 4.69) is 10.2 Å². The molecule has 0 bridgehead atoms. The number of nitrogens with one attached hydrogen (secondary N) is 1. The van der Waals surface area contributed by atoms with Gasteiger partial charge >= 0.3 is 0 Å². The van der Waals surface area contributed by atoms with Crippen LogP contribution in [0.2, 0.25) is 0 Å². The Hall–Kier alpha value is -2.34. The molecule has 20 heavy (non-hydrogen) atoms. The van der Waals surface area contributed by atoms with Crippen LogP contribution in [-0.2, 0) is 0 Å². The molecule has 2 aromatic rings. The average molecular weight is 274 g/mol. The third-order valence-corrected chi connectivity index (χ3v) is 2.87. The van der Waals surface area contributed by atoms with Crippen LogP contribution >= 0.6 is 0 Å². The van der Waals surface area contributed by atoms with E-state index in [4.69, 9.17) is 10.5 Å². The van der Waals surface area contributed by atoms with Crippen LogP contribution in [0.4, 0.5) is 0 Å². The summed E-state index contributed by atoms with van der Waals surface area (Å²) in [4.78, 5) is 13.3. The minimum Gasteiger partial charge on any atom is -0.492 e. The first kappa shape index (κ1) is 14.1. The van der Waals surface area contributed by atoms with E-state index in [0.717, 1.165) is 17.7 Å². The van der Waals surface area contributed by atoms with E-state index in [9.17, 15) is 4.79 Å². The summed E-state index contributed by atoms with van der Waals surface area (Å²) in [5.41, 5.74) is 7.52. The maximum Gasteiger partial charge on any atom is 0.248 e. The average Bonchev–Trinajstić information content (AvgIpc) is 2.91. The minimum absolute atomic E-state index is 0.428. The number of carbonyl (C=O) groups excluding carboxylic acids is 1. The van der Waals surface area contributed by atoms with Crippen molar-refractivity contribution in [3.8, 4) is 16.9 Å². The molecule has 3 N–H and O–H groups in total. The first-order valence-corrected chi connectivity index (χ1v) is 6.28. The molecule has 0 radical (unpaired) electrons. The number of primary amides is 1. The fraction of sp³-hybridized carbons (Fsp3) is 0.286. The molecule has 0 fully saturated rings. The second-order valence-corrected chi connectivity index (χ2v) is 4.71. The number of ether oxygens (including phenoxy) is 1. The smallest absolute Gasteiger partial charge is 0.248 e. The van der Waals surface area contributed by atoms with Crippen LogP contribution < -0.4 is 10.5 Å². The number of H-pyrrole nitrogens is 1. The van der Waals surface area contributed by atoms with Crippen LogP contribution in [-0.4, -0.2) is 48.3 Å². The summed E-state index contributed by atoms with van der Waals surface area (Å²) in [5, 5.41) is 6.69. The molecule has 0 saturated heterocycles. The van der Waals surface area contributed by atoms with Crippen LogP contribution in [0.15, 0.2) is 30.6 Å². The van der Waals surface area contributed by atoms with E-state index in [0.29, 0.717) is 17.9 Å². The first-order chi connectivity index (χ1) is 9.58. The Morgan fingerprint density at radius 2 is 2.25 bits per heavy atom. The molecule has 1 aromatic heterocycles. The fourth-order valence-electron chi connectivity index (χ4n) is 1.77. The van der Waals surface area contributed by atoms with Crippen molar-refractivity contribution in [2.75, 3.05) is 27.2 Å². The molecule has 1 aromatic carbocycles. The molecule has 0 aliphatic carbocycles. The lowest BCUT2D eigenvalue weighted by Crippen LogP contribution is -2.20. The molecule has 0 aliphatic heterocycles. The Morgan fingerprint density at radius 1 is 1.45 bits per heavy atom. The van der Waals surface area contributed by atoms with Gasteiger partial charge in [-0.05, 0) is 32.3 Å². The Balaban J connectivity index is 2.28. The number of likely N-dealkylation sites (N-methyl/N-ethyl adjacent to an activating group) is 1. The molecule has 0 unspecified atom stereocenters. The standard InChI is InChI=1S/C14H18N4O2/c1-18(2)5-6-20-13-7-10(14(15)19)3-4-12(13)11-8-16-17-9-11/h3-4,7-9H,5-6H2,1-2H3,(H2,15,19)(H,16,17). The minimum atomic E-state index is -0.471. The lowest BCUT2D eigenvalue weighted by molar-refractivity contribution is 0.1000. The van der Waals surface area contributed by atoms with Gasteiger partial charge in [0.05, 0.1) is 6.20 Å². The van der Waals surface area contributed by atoms with Crippen molar-refractivity contribution in [3.63, 3.8) is 0 Å². The van der Waals surface area contributed by atoms with Crippen LogP contribution in [0.1, 0.15) is 10.4 Å². The number of hydrogen-bond acceptors (Lipinski definition) is 4. The Kier molecular flexibility index (Phi) is 4.37. The number of aromatic nitrogens is 2. The van der Waals surface area contributed by atoms with Crippen molar-refractivity contribution in [1.82, 2.24) is 15.1 Å². The van der Waals surface area contributed by atoms with Gasteiger partial charge in [0.25, 0.3) is 0 Å². The summed E-state index contributed by atoms with van der Waals surface area (Å²) in [7, 11) is 3.94. The molecule has 1 heterocycles. The Morgan fingerprint density at radius 3 is 2.85 bits per heavy atom. The SMILES string of the molecule is CN(C)CCOc1cc(C(N)=O)ccc1-c1cn[nH]c1. The maximum atomic E-state index is 11.3. The van der Waals surface area contributed by atoms with Gasteiger partial charge in [-0.1, -0.05) is 0 Å². The third-order valence-electron chi connectivity index (χ3n) is 2.87. The van der Waals surface area contributed by atoms with E-state index in [1.54, 1.807) is 24.5 Å². The van der Waals surface area contributed by atoms with Crippen LogP contribution in [0.5, 0.6) is 5.75 Å². The fourth-order valence-corrected chi connectivity index (χ4v) is 1.77. The second-order valence-electron chi connectivity index (χ2n) is 4.71. The first-order valence-electron chi connectivity index (χ1n) is 6.28. The van der Waals surface area contributed by atoms with Gasteiger partial charge in [-0.2, -0.15) is 5.10 Å². The van der Waals surface area contributed by atoms with Gasteiger partial charge in [0.1, 0.15) is 12.4 Å². The molecule has 0 spiro atoms. The van der Waals surface area contributed by atoms with Crippen molar-refractivity contribution in [3.05, 3.63) is 36.2 Å². The number of carbonyl (C=O) groups is 1. The summed E-state index contributed by atoms with van der Waals surface area (Å²) in [6.45, 7) is 1.31. The van der Waals surface area contributed by atoms with Gasteiger partial charge in [-0.3, -0.25) is 9.89 Å². The molecule has 0 saturated carbocycles. The molecule has 6 heteroatoms. The van der Waals surface area contributed by atoms with E-state index in [1.165, 1.54) is 0 Å². The number of benzene rings is 1. The highest BCUT2D eigenvalue weighted by molar-refractivity contribution is 5.94. The lowest BCUT2D eigenvalue weighted by Gasteiger charge is -2.14. The quantitative estimate of drug-likeness (QED) is 0.826. The van der Waals surface area contributed by atoms with Gasteiger partial charge in [-0.25, -0.2) is 0 Å². The molecule has 2 rings (SSSR count). The van der Waals surface area contributed by atoms with Gasteiger partial charge in [0.2, 0.25) is 5.91 Å². The van der Waals surface area contributed by atoms with Crippen molar-refractivity contribution < 1.29 is 9.53 Å². The molecule has 0 atom stereocenters. The van der Waals surface area contributed by atoms with Crippen molar-refractivity contribution in [2.24, 2.45) is 5.73 Å². The largest absolute Gasteiger partial charge is 0.492 e. The molecule has 106 valence electrons. The topological polar surface area (TPSA) is 84.2 Å². The molecular weight excluding hydrogens is 256 g/mol. The number of nitrogens with two attached hydrogens (primary N) is 1. The summed E-state index contributed by atoms with van der Waals surface area (Å²) in [6, 6.07) is 5.17. The lowest BCUT2D eigenvalue weighted by atomic mass is 10.1. The van der Waals surface area contributed by atoms with Gasteiger partial charge in [0, 0.05) is 29.4 Å². The normalized spacial score (nSPS) is 10.8. The summed E-state index contributed by atoms with van der Waals surface area (Å²) >= 11 is 0. The Bertz CT molecular complexity index is 579. The summed E-state index contributed by atoms with van der Waals surface area (Å²) < 4.78 is 5.77. The predicted molar refractivity (Wildman–Crippen MR) is 76.6 cm³/mol. The van der Waals surface area contributed by atoms with Crippen molar-refractivity contribution >= 4 is 5.91 Å². The van der Waals surface area contributed by atoms with Gasteiger partial charge in [-0.15, -0.1) is 0 Å². The molecule has 0 aliphatic rings. The number of nitrogens with zero attached hydrogens (tertiary/aromatic N) is 2. The van der Waals surface area contributed by atoms with Crippen molar-refractivity contribution in [2.45, 2.75) is 0 Å². The van der Waals surface area contributed by atoms with Crippen LogP contribution in [0.3, 0.4) is 0 Å². The Labute approximate surface area is 117 Å². The number of amides is 1.